The molecule has 2 N–H and O–H groups in total. The fourth-order valence-electron chi connectivity index (χ4n) is 2.25. The van der Waals surface area contributed by atoms with E-state index in [2.05, 4.69) is 22.0 Å². The van der Waals surface area contributed by atoms with Crippen molar-refractivity contribution in [3.05, 3.63) is 24.0 Å². The summed E-state index contributed by atoms with van der Waals surface area (Å²) in [5, 5.41) is 7.43. The summed E-state index contributed by atoms with van der Waals surface area (Å²) in [6, 6.07) is 1.71. The SMILES string of the molecule is CC(CN)CN1CCN(C(=O)c2ccnnc2)CC1. The summed E-state index contributed by atoms with van der Waals surface area (Å²) in [5.74, 6) is 0.549. The molecular formula is C13H21N5O. The van der Waals surface area contributed by atoms with E-state index in [1.54, 1.807) is 12.3 Å². The van der Waals surface area contributed by atoms with Gasteiger partial charge in [-0.15, -0.1) is 0 Å². The summed E-state index contributed by atoms with van der Waals surface area (Å²) in [5.41, 5.74) is 6.25. The van der Waals surface area contributed by atoms with Crippen molar-refractivity contribution in [2.24, 2.45) is 11.7 Å². The number of hydrogen-bond donors (Lipinski definition) is 1. The van der Waals surface area contributed by atoms with Crippen molar-refractivity contribution < 1.29 is 4.79 Å². The lowest BCUT2D eigenvalue weighted by atomic mass is 10.1. The number of aromatic nitrogens is 2. The molecule has 1 unspecified atom stereocenters. The molecule has 1 fully saturated rings. The zero-order valence-corrected chi connectivity index (χ0v) is 11.3. The molecule has 1 saturated heterocycles. The zero-order valence-electron chi connectivity index (χ0n) is 11.3. The summed E-state index contributed by atoms with van der Waals surface area (Å²) in [7, 11) is 0. The van der Waals surface area contributed by atoms with Crippen LogP contribution in [0.4, 0.5) is 0 Å². The highest BCUT2D eigenvalue weighted by molar-refractivity contribution is 5.93. The van der Waals surface area contributed by atoms with Crippen LogP contribution in [0.25, 0.3) is 0 Å². The van der Waals surface area contributed by atoms with E-state index < -0.39 is 0 Å². The highest BCUT2D eigenvalue weighted by Gasteiger charge is 2.22. The third-order valence-corrected chi connectivity index (χ3v) is 3.46. The molecule has 6 nitrogen and oxygen atoms in total. The van der Waals surface area contributed by atoms with Gasteiger partial charge in [0, 0.05) is 32.7 Å². The van der Waals surface area contributed by atoms with E-state index in [-0.39, 0.29) is 5.91 Å². The van der Waals surface area contributed by atoms with Gasteiger partial charge in [0.05, 0.1) is 18.0 Å². The molecule has 19 heavy (non-hydrogen) atoms. The van der Waals surface area contributed by atoms with Gasteiger partial charge in [-0.2, -0.15) is 10.2 Å². The van der Waals surface area contributed by atoms with Crippen LogP contribution in [0.1, 0.15) is 17.3 Å². The van der Waals surface area contributed by atoms with E-state index in [1.807, 2.05) is 4.90 Å². The first-order chi connectivity index (χ1) is 9.20. The Hall–Kier alpha value is -1.53. The van der Waals surface area contributed by atoms with Gasteiger partial charge in [0.25, 0.3) is 5.91 Å². The van der Waals surface area contributed by atoms with Gasteiger partial charge in [-0.1, -0.05) is 6.92 Å². The van der Waals surface area contributed by atoms with E-state index >= 15 is 0 Å². The number of nitrogens with zero attached hydrogens (tertiary/aromatic N) is 4. The summed E-state index contributed by atoms with van der Waals surface area (Å²) < 4.78 is 0. The lowest BCUT2D eigenvalue weighted by molar-refractivity contribution is 0.0621. The molecule has 1 atom stereocenters. The van der Waals surface area contributed by atoms with Crippen molar-refractivity contribution in [2.45, 2.75) is 6.92 Å². The van der Waals surface area contributed by atoms with Crippen LogP contribution >= 0.6 is 0 Å². The predicted octanol–water partition coefficient (Wildman–Crippen LogP) is -0.171. The number of amides is 1. The van der Waals surface area contributed by atoms with Crippen LogP contribution in [-0.2, 0) is 0 Å². The summed E-state index contributed by atoms with van der Waals surface area (Å²) in [4.78, 5) is 16.4. The number of hydrogen-bond acceptors (Lipinski definition) is 5. The highest BCUT2D eigenvalue weighted by Crippen LogP contribution is 2.08. The summed E-state index contributed by atoms with van der Waals surface area (Å²) in [6.45, 7) is 7.22. The second-order valence-corrected chi connectivity index (χ2v) is 5.06. The van der Waals surface area contributed by atoms with Gasteiger partial charge in [0.15, 0.2) is 0 Å². The van der Waals surface area contributed by atoms with Crippen molar-refractivity contribution in [2.75, 3.05) is 39.3 Å². The molecule has 1 aromatic rings. The van der Waals surface area contributed by atoms with Crippen LogP contribution in [0.5, 0.6) is 0 Å². The van der Waals surface area contributed by atoms with Crippen molar-refractivity contribution in [3.63, 3.8) is 0 Å². The topological polar surface area (TPSA) is 75.3 Å². The molecule has 6 heteroatoms. The lowest BCUT2D eigenvalue weighted by Crippen LogP contribution is -2.50. The maximum atomic E-state index is 12.2. The van der Waals surface area contributed by atoms with Gasteiger partial charge < -0.3 is 10.6 Å². The maximum absolute atomic E-state index is 12.2. The molecular weight excluding hydrogens is 242 g/mol. The Morgan fingerprint density at radius 1 is 1.37 bits per heavy atom. The highest BCUT2D eigenvalue weighted by atomic mass is 16.2. The second kappa shape index (κ2) is 6.58. The molecule has 0 radical (unpaired) electrons. The third kappa shape index (κ3) is 3.71. The molecule has 104 valence electrons. The first-order valence-corrected chi connectivity index (χ1v) is 6.69. The zero-order chi connectivity index (χ0) is 13.7. The van der Waals surface area contributed by atoms with Gasteiger partial charge in [-0.3, -0.25) is 9.69 Å². The quantitative estimate of drug-likeness (QED) is 0.816. The van der Waals surface area contributed by atoms with Gasteiger partial charge >= 0.3 is 0 Å². The van der Waals surface area contributed by atoms with Crippen LogP contribution in [0.15, 0.2) is 18.5 Å². The molecule has 1 aliphatic heterocycles. The van der Waals surface area contributed by atoms with Crippen molar-refractivity contribution in [1.29, 1.82) is 0 Å². The minimum absolute atomic E-state index is 0.0430. The van der Waals surface area contributed by atoms with Crippen LogP contribution in [0.3, 0.4) is 0 Å². The van der Waals surface area contributed by atoms with E-state index in [0.717, 1.165) is 32.7 Å². The second-order valence-electron chi connectivity index (χ2n) is 5.06. The maximum Gasteiger partial charge on any atom is 0.255 e. The minimum Gasteiger partial charge on any atom is -0.336 e. The third-order valence-electron chi connectivity index (χ3n) is 3.46. The number of piperazine rings is 1. The van der Waals surface area contributed by atoms with Gasteiger partial charge in [0.1, 0.15) is 0 Å². The minimum atomic E-state index is 0.0430. The Labute approximate surface area is 113 Å². The molecule has 0 aromatic carbocycles. The number of carbonyl (C=O) groups excluding carboxylic acids is 1. The van der Waals surface area contributed by atoms with Gasteiger partial charge in [-0.05, 0) is 18.5 Å². The Kier molecular flexibility index (Phi) is 4.81. The molecule has 0 saturated carbocycles. The average molecular weight is 263 g/mol. The average Bonchev–Trinajstić information content (AvgIpc) is 2.48. The largest absolute Gasteiger partial charge is 0.336 e. The van der Waals surface area contributed by atoms with E-state index in [0.29, 0.717) is 18.0 Å². The fourth-order valence-corrected chi connectivity index (χ4v) is 2.25. The number of nitrogens with two attached hydrogens (primary N) is 1. The molecule has 0 bridgehead atoms. The lowest BCUT2D eigenvalue weighted by Gasteiger charge is -2.35. The van der Waals surface area contributed by atoms with E-state index in [9.17, 15) is 4.79 Å². The molecule has 1 amide bonds. The Bertz CT molecular complexity index is 403. The van der Waals surface area contributed by atoms with Crippen molar-refractivity contribution in [3.8, 4) is 0 Å². The van der Waals surface area contributed by atoms with Crippen LogP contribution in [0, 0.1) is 5.92 Å². The smallest absolute Gasteiger partial charge is 0.255 e. The van der Waals surface area contributed by atoms with Gasteiger partial charge in [0.2, 0.25) is 0 Å². The normalized spacial score (nSPS) is 18.3. The molecule has 1 aliphatic rings. The molecule has 2 rings (SSSR count). The van der Waals surface area contributed by atoms with E-state index in [1.165, 1.54) is 6.20 Å². The standard InChI is InChI=1S/C13H21N5O/c1-11(8-14)10-17-4-6-18(7-5-17)13(19)12-2-3-15-16-9-12/h2-3,9,11H,4-8,10,14H2,1H3. The summed E-state index contributed by atoms with van der Waals surface area (Å²) >= 11 is 0. The Morgan fingerprint density at radius 2 is 2.11 bits per heavy atom. The van der Waals surface area contributed by atoms with Crippen molar-refractivity contribution >= 4 is 5.91 Å². The fraction of sp³-hybridized carbons (Fsp3) is 0.615. The van der Waals surface area contributed by atoms with Crippen LogP contribution in [0.2, 0.25) is 0 Å². The van der Waals surface area contributed by atoms with Crippen LogP contribution < -0.4 is 5.73 Å². The van der Waals surface area contributed by atoms with E-state index in [4.69, 9.17) is 5.73 Å². The van der Waals surface area contributed by atoms with Gasteiger partial charge in [-0.25, -0.2) is 0 Å². The number of carbonyl (C=O) groups is 1. The molecule has 1 aromatic heterocycles. The van der Waals surface area contributed by atoms with Crippen LogP contribution in [-0.4, -0.2) is 65.2 Å². The first-order valence-electron chi connectivity index (χ1n) is 6.69. The summed E-state index contributed by atoms with van der Waals surface area (Å²) in [6.07, 6.45) is 3.07. The molecule has 0 aliphatic carbocycles. The van der Waals surface area contributed by atoms with Crippen molar-refractivity contribution in [1.82, 2.24) is 20.0 Å². The molecule has 2 heterocycles. The Morgan fingerprint density at radius 3 is 2.68 bits per heavy atom. The molecule has 0 spiro atoms. The Balaban J connectivity index is 1.85. The monoisotopic (exact) mass is 263 g/mol. The predicted molar refractivity (Wildman–Crippen MR) is 72.6 cm³/mol. The first kappa shape index (κ1) is 13.9. The number of rotatable bonds is 4.